The summed E-state index contributed by atoms with van der Waals surface area (Å²) in [6, 6.07) is 1.86. The standard InChI is InChI=1S/C13H23BrN2O3S2/c1-9(2)15-7-11-5-12(13(14)19-11)21(17,18)16-6-10(3)8-20-4/h5,9-10,15-16H,6-8H2,1-4H3. The van der Waals surface area contributed by atoms with Gasteiger partial charge in [-0.1, -0.05) is 20.8 Å². The zero-order valence-electron chi connectivity index (χ0n) is 12.8. The van der Waals surface area contributed by atoms with Gasteiger partial charge in [0.1, 0.15) is 10.7 Å². The normalized spacial score (nSPS) is 13.8. The van der Waals surface area contributed by atoms with Gasteiger partial charge in [0.25, 0.3) is 0 Å². The molecular formula is C13H23BrN2O3S2. The van der Waals surface area contributed by atoms with Gasteiger partial charge >= 0.3 is 0 Å². The molecule has 1 atom stereocenters. The summed E-state index contributed by atoms with van der Waals surface area (Å²) >= 11 is 4.88. The molecule has 0 saturated carbocycles. The Morgan fingerprint density at radius 2 is 2.05 bits per heavy atom. The molecule has 5 nitrogen and oxygen atoms in total. The van der Waals surface area contributed by atoms with Crippen LogP contribution in [0.15, 0.2) is 20.0 Å². The van der Waals surface area contributed by atoms with E-state index in [-0.39, 0.29) is 15.5 Å². The minimum atomic E-state index is -3.55. The van der Waals surface area contributed by atoms with Crippen LogP contribution in [0.25, 0.3) is 0 Å². The number of furan rings is 1. The molecule has 21 heavy (non-hydrogen) atoms. The van der Waals surface area contributed by atoms with Crippen LogP contribution in [0.1, 0.15) is 26.5 Å². The van der Waals surface area contributed by atoms with Gasteiger partial charge in [0, 0.05) is 18.7 Å². The molecule has 2 N–H and O–H groups in total. The Bertz CT molecular complexity index is 544. The van der Waals surface area contributed by atoms with Gasteiger partial charge in [0.05, 0.1) is 6.54 Å². The molecule has 0 aliphatic heterocycles. The van der Waals surface area contributed by atoms with E-state index < -0.39 is 10.0 Å². The second kappa shape index (κ2) is 8.57. The van der Waals surface area contributed by atoms with Crippen molar-refractivity contribution in [3.8, 4) is 0 Å². The third kappa shape index (κ3) is 6.32. The number of halogens is 1. The van der Waals surface area contributed by atoms with Crippen molar-refractivity contribution in [2.45, 2.75) is 38.3 Å². The van der Waals surface area contributed by atoms with E-state index in [9.17, 15) is 8.42 Å². The van der Waals surface area contributed by atoms with Gasteiger partial charge < -0.3 is 9.73 Å². The van der Waals surface area contributed by atoms with Crippen LogP contribution >= 0.6 is 27.7 Å². The first-order valence-corrected chi connectivity index (χ1v) is 10.4. The summed E-state index contributed by atoms with van der Waals surface area (Å²) in [6.07, 6.45) is 2.01. The van der Waals surface area contributed by atoms with Gasteiger partial charge in [0.2, 0.25) is 10.0 Å². The van der Waals surface area contributed by atoms with Gasteiger partial charge in [-0.15, -0.1) is 0 Å². The maximum absolute atomic E-state index is 12.3. The van der Waals surface area contributed by atoms with Gasteiger partial charge in [-0.05, 0) is 33.9 Å². The van der Waals surface area contributed by atoms with Crippen molar-refractivity contribution in [1.29, 1.82) is 0 Å². The topological polar surface area (TPSA) is 71.3 Å². The van der Waals surface area contributed by atoms with E-state index in [4.69, 9.17) is 4.42 Å². The third-order valence-electron chi connectivity index (χ3n) is 2.75. The monoisotopic (exact) mass is 398 g/mol. The van der Waals surface area contributed by atoms with E-state index in [1.54, 1.807) is 17.8 Å². The largest absolute Gasteiger partial charge is 0.452 e. The summed E-state index contributed by atoms with van der Waals surface area (Å²) in [4.78, 5) is 0.152. The van der Waals surface area contributed by atoms with E-state index >= 15 is 0 Å². The van der Waals surface area contributed by atoms with Crippen molar-refractivity contribution >= 4 is 37.7 Å². The van der Waals surface area contributed by atoms with Gasteiger partial charge in [-0.25, -0.2) is 13.1 Å². The zero-order chi connectivity index (χ0) is 16.0. The summed E-state index contributed by atoms with van der Waals surface area (Å²) in [6.45, 7) is 6.96. The summed E-state index contributed by atoms with van der Waals surface area (Å²) < 4.78 is 32.9. The van der Waals surface area contributed by atoms with Crippen LogP contribution in [0.3, 0.4) is 0 Å². The number of nitrogens with one attached hydrogen (secondary N) is 2. The lowest BCUT2D eigenvalue weighted by Gasteiger charge is -2.10. The van der Waals surface area contributed by atoms with Crippen molar-refractivity contribution in [2.75, 3.05) is 18.6 Å². The summed E-state index contributed by atoms with van der Waals surface area (Å²) in [7, 11) is -3.55. The Morgan fingerprint density at radius 1 is 1.38 bits per heavy atom. The molecule has 0 aliphatic carbocycles. The van der Waals surface area contributed by atoms with Crippen LogP contribution < -0.4 is 10.0 Å². The summed E-state index contributed by atoms with van der Waals surface area (Å²) in [5.74, 6) is 1.79. The predicted molar refractivity (Wildman–Crippen MR) is 91.1 cm³/mol. The molecule has 1 heterocycles. The molecule has 0 fully saturated rings. The molecule has 0 saturated heterocycles. The number of thioether (sulfide) groups is 1. The highest BCUT2D eigenvalue weighted by molar-refractivity contribution is 9.10. The van der Waals surface area contributed by atoms with Crippen molar-refractivity contribution in [3.63, 3.8) is 0 Å². The van der Waals surface area contributed by atoms with E-state index in [2.05, 4.69) is 26.0 Å². The van der Waals surface area contributed by atoms with Gasteiger partial charge in [0.15, 0.2) is 4.67 Å². The fraction of sp³-hybridized carbons (Fsp3) is 0.692. The number of hydrogen-bond acceptors (Lipinski definition) is 5. The van der Waals surface area contributed by atoms with Crippen molar-refractivity contribution in [2.24, 2.45) is 5.92 Å². The molecule has 8 heteroatoms. The molecule has 0 aliphatic rings. The maximum Gasteiger partial charge on any atom is 0.244 e. The van der Waals surface area contributed by atoms with Crippen LogP contribution in [0.4, 0.5) is 0 Å². The predicted octanol–water partition coefficient (Wildman–Crippen LogP) is 2.82. The molecule has 1 aromatic rings. The number of rotatable bonds is 9. The Balaban J connectivity index is 2.74. The summed E-state index contributed by atoms with van der Waals surface area (Å²) in [5.41, 5.74) is 0. The molecule has 1 aromatic heterocycles. The number of sulfonamides is 1. The molecule has 0 aromatic carbocycles. The molecule has 0 bridgehead atoms. The second-order valence-electron chi connectivity index (χ2n) is 5.30. The Labute approximate surface area is 139 Å². The van der Waals surface area contributed by atoms with Crippen molar-refractivity contribution < 1.29 is 12.8 Å². The fourth-order valence-corrected chi connectivity index (χ4v) is 4.49. The first-order chi connectivity index (χ1) is 9.76. The maximum atomic E-state index is 12.3. The fourth-order valence-electron chi connectivity index (χ4n) is 1.65. The molecule has 1 rings (SSSR count). The smallest absolute Gasteiger partial charge is 0.244 e. The van der Waals surface area contributed by atoms with Gasteiger partial charge in [-0.3, -0.25) is 0 Å². The van der Waals surface area contributed by atoms with Crippen LogP contribution in [-0.2, 0) is 16.6 Å². The number of hydrogen-bond donors (Lipinski definition) is 2. The Hall–Kier alpha value is -0.0200. The zero-order valence-corrected chi connectivity index (χ0v) is 16.0. The van der Waals surface area contributed by atoms with E-state index in [0.29, 0.717) is 24.9 Å². The van der Waals surface area contributed by atoms with E-state index in [1.807, 2.05) is 27.0 Å². The molecule has 0 radical (unpaired) electrons. The highest BCUT2D eigenvalue weighted by Crippen LogP contribution is 2.26. The lowest BCUT2D eigenvalue weighted by Crippen LogP contribution is -2.29. The average molecular weight is 399 g/mol. The molecule has 0 amide bonds. The van der Waals surface area contributed by atoms with E-state index in [1.165, 1.54) is 0 Å². The van der Waals surface area contributed by atoms with E-state index in [0.717, 1.165) is 5.75 Å². The average Bonchev–Trinajstić information content (AvgIpc) is 2.77. The van der Waals surface area contributed by atoms with Crippen molar-refractivity contribution in [1.82, 2.24) is 10.0 Å². The lowest BCUT2D eigenvalue weighted by molar-refractivity contribution is 0.447. The minimum Gasteiger partial charge on any atom is -0.452 e. The molecule has 1 unspecified atom stereocenters. The molecule has 0 spiro atoms. The Morgan fingerprint density at radius 3 is 2.62 bits per heavy atom. The quantitative estimate of drug-likeness (QED) is 0.668. The Kier molecular flexibility index (Phi) is 7.77. The van der Waals surface area contributed by atoms with Crippen LogP contribution in [0, 0.1) is 5.92 Å². The SMILES string of the molecule is CSCC(C)CNS(=O)(=O)c1cc(CNC(C)C)oc1Br. The highest BCUT2D eigenvalue weighted by Gasteiger charge is 2.22. The van der Waals surface area contributed by atoms with Crippen LogP contribution in [0.2, 0.25) is 0 Å². The summed E-state index contributed by atoms with van der Waals surface area (Å²) in [5, 5.41) is 3.19. The van der Waals surface area contributed by atoms with Crippen molar-refractivity contribution in [3.05, 3.63) is 16.5 Å². The third-order valence-corrected chi connectivity index (χ3v) is 5.94. The second-order valence-corrected chi connectivity index (χ2v) is 8.66. The minimum absolute atomic E-state index is 0.152. The first-order valence-electron chi connectivity index (χ1n) is 6.76. The molecule has 122 valence electrons. The van der Waals surface area contributed by atoms with Crippen LogP contribution in [-0.4, -0.2) is 33.0 Å². The molecular weight excluding hydrogens is 376 g/mol. The first kappa shape index (κ1) is 19.0. The highest BCUT2D eigenvalue weighted by atomic mass is 79.9. The lowest BCUT2D eigenvalue weighted by atomic mass is 10.2. The van der Waals surface area contributed by atoms with Gasteiger partial charge in [-0.2, -0.15) is 11.8 Å². The van der Waals surface area contributed by atoms with Crippen LogP contribution in [0.5, 0.6) is 0 Å².